The quantitative estimate of drug-likeness (QED) is 0.0261. The molecule has 0 aromatic carbocycles. The maximum Gasteiger partial charge on any atom is 0.306 e. The fourth-order valence-corrected chi connectivity index (χ4v) is 8.35. The minimum atomic E-state index is -0.801. The highest BCUT2D eigenvalue weighted by molar-refractivity contribution is 5.71. The van der Waals surface area contributed by atoms with E-state index in [0.717, 1.165) is 167 Å². The first-order valence-electron chi connectivity index (χ1n) is 31.8. The van der Waals surface area contributed by atoms with Gasteiger partial charge in [-0.1, -0.05) is 256 Å². The molecule has 0 aliphatic heterocycles. The van der Waals surface area contributed by atoms with Crippen molar-refractivity contribution in [2.45, 2.75) is 277 Å². The molecule has 0 fully saturated rings. The lowest BCUT2D eigenvalue weighted by molar-refractivity contribution is -0.167. The second-order valence-corrected chi connectivity index (χ2v) is 20.5. The summed E-state index contributed by atoms with van der Waals surface area (Å²) in [5.74, 6) is -0.932. The van der Waals surface area contributed by atoms with Crippen LogP contribution in [0, 0.1) is 0 Å². The third-order valence-electron chi connectivity index (χ3n) is 13.1. The van der Waals surface area contributed by atoms with Gasteiger partial charge in [-0.15, -0.1) is 0 Å². The van der Waals surface area contributed by atoms with Crippen molar-refractivity contribution >= 4 is 17.9 Å². The average Bonchev–Trinajstić information content (AvgIpc) is 3.44. The molecule has 0 saturated heterocycles. The summed E-state index contributed by atoms with van der Waals surface area (Å²) in [5, 5.41) is 0. The summed E-state index contributed by atoms with van der Waals surface area (Å²) in [4.78, 5) is 38.3. The molecule has 1 atom stereocenters. The number of hydrogen-bond donors (Lipinski definition) is 0. The lowest BCUT2D eigenvalue weighted by atomic mass is 10.1. The van der Waals surface area contributed by atoms with Gasteiger partial charge in [0.25, 0.3) is 0 Å². The summed E-state index contributed by atoms with van der Waals surface area (Å²) in [5.41, 5.74) is 0. The summed E-state index contributed by atoms with van der Waals surface area (Å²) in [6, 6.07) is 0. The van der Waals surface area contributed by atoms with Gasteiger partial charge in [-0.25, -0.2) is 0 Å². The normalized spacial score (nSPS) is 13.1. The van der Waals surface area contributed by atoms with Crippen molar-refractivity contribution in [2.24, 2.45) is 0 Å². The van der Waals surface area contributed by atoms with Gasteiger partial charge in [-0.05, 0) is 141 Å². The summed E-state index contributed by atoms with van der Waals surface area (Å²) in [6.45, 7) is 6.36. The second-order valence-electron chi connectivity index (χ2n) is 20.5. The van der Waals surface area contributed by atoms with E-state index in [0.29, 0.717) is 19.3 Å². The number of ether oxygens (including phenoxy) is 3. The summed E-state index contributed by atoms with van der Waals surface area (Å²) in [6.07, 6.45) is 92.7. The molecule has 0 bridgehead atoms. The summed E-state index contributed by atoms with van der Waals surface area (Å²) < 4.78 is 16.9. The SMILES string of the molecule is CC/C=C\C/C=C\C/C=C\C/C=C\C/C=C\C/C=C\CCCCCCCCC(=O)OCC(COC(=O)CCCCCCC/C=C\CCCCC)OC(=O)CCCCCCCCC/C=C\C/C=C\C/C=C\C/C=C\C/C=C\CC. The van der Waals surface area contributed by atoms with E-state index >= 15 is 0 Å². The lowest BCUT2D eigenvalue weighted by Crippen LogP contribution is -2.30. The molecule has 0 N–H and O–H groups in total. The van der Waals surface area contributed by atoms with E-state index in [4.69, 9.17) is 14.2 Å². The van der Waals surface area contributed by atoms with Crippen molar-refractivity contribution in [3.63, 3.8) is 0 Å². The van der Waals surface area contributed by atoms with E-state index in [2.05, 4.69) is 167 Å². The number of carbonyl (C=O) groups excluding carboxylic acids is 3. The van der Waals surface area contributed by atoms with Gasteiger partial charge in [0.15, 0.2) is 6.10 Å². The molecule has 78 heavy (non-hydrogen) atoms. The molecule has 0 aromatic heterocycles. The number of unbranched alkanes of at least 4 members (excludes halogenated alkanes) is 21. The van der Waals surface area contributed by atoms with E-state index < -0.39 is 6.10 Å². The van der Waals surface area contributed by atoms with Crippen molar-refractivity contribution in [1.29, 1.82) is 0 Å². The molecular formula is C72H116O6. The molecule has 1 unspecified atom stereocenters. The van der Waals surface area contributed by atoms with Crippen LogP contribution in [0.5, 0.6) is 0 Å². The predicted octanol–water partition coefficient (Wildman–Crippen LogP) is 21.9. The maximum atomic E-state index is 12.9. The maximum absolute atomic E-state index is 12.9. The Morgan fingerprint density at radius 2 is 0.500 bits per heavy atom. The number of esters is 3. The van der Waals surface area contributed by atoms with Crippen LogP contribution in [-0.4, -0.2) is 37.2 Å². The minimum absolute atomic E-state index is 0.0966. The van der Waals surface area contributed by atoms with Crippen LogP contribution in [0.25, 0.3) is 0 Å². The Morgan fingerprint density at radius 1 is 0.269 bits per heavy atom. The Labute approximate surface area is 480 Å². The van der Waals surface area contributed by atoms with Gasteiger partial charge in [0, 0.05) is 19.3 Å². The molecule has 0 spiro atoms. The number of allylic oxidation sites excluding steroid dienone is 24. The Balaban J connectivity index is 4.41. The third kappa shape index (κ3) is 62.1. The van der Waals surface area contributed by atoms with Crippen LogP contribution in [0.15, 0.2) is 146 Å². The number of hydrogen-bond acceptors (Lipinski definition) is 6. The van der Waals surface area contributed by atoms with E-state index in [9.17, 15) is 14.4 Å². The van der Waals surface area contributed by atoms with E-state index in [-0.39, 0.29) is 31.1 Å². The fourth-order valence-electron chi connectivity index (χ4n) is 8.35. The van der Waals surface area contributed by atoms with E-state index in [1.165, 1.54) is 64.2 Å². The molecule has 0 saturated carbocycles. The van der Waals surface area contributed by atoms with Gasteiger partial charge >= 0.3 is 17.9 Å². The zero-order valence-corrected chi connectivity index (χ0v) is 50.4. The molecule has 0 aliphatic carbocycles. The van der Waals surface area contributed by atoms with Crippen molar-refractivity contribution in [3.05, 3.63) is 146 Å². The lowest BCUT2D eigenvalue weighted by Gasteiger charge is -2.18. The second kappa shape index (κ2) is 64.8. The van der Waals surface area contributed by atoms with Crippen LogP contribution in [0.3, 0.4) is 0 Å². The first-order valence-corrected chi connectivity index (χ1v) is 31.8. The first kappa shape index (κ1) is 73.3. The van der Waals surface area contributed by atoms with Gasteiger partial charge in [0.2, 0.25) is 0 Å². The largest absolute Gasteiger partial charge is 0.462 e. The molecule has 440 valence electrons. The average molecular weight is 1080 g/mol. The standard InChI is InChI=1S/C72H116O6/c1-4-7-10-13-16-19-22-25-27-29-31-33-35-36-38-39-41-43-45-47-50-53-56-59-62-65-71(74)77-68-69(67-76-70(73)64-61-58-55-52-49-24-21-18-15-12-9-6-3)78-72(75)66-63-60-57-54-51-48-46-44-42-40-37-34-32-30-28-26-23-20-17-14-11-8-5-2/h7-8,10-11,16-21,25-28,31-34,36,38,40-43,69H,4-6,9,12-15,22-24,29-30,35,37,39,44-68H2,1-3H3/b10-7-,11-8-,19-16-,20-17-,21-18-,27-25-,28-26-,33-31-,34-32-,38-36-,42-40-,43-41-. The summed E-state index contributed by atoms with van der Waals surface area (Å²) in [7, 11) is 0. The van der Waals surface area contributed by atoms with Crippen LogP contribution in [-0.2, 0) is 28.6 Å². The highest BCUT2D eigenvalue weighted by Crippen LogP contribution is 2.14. The van der Waals surface area contributed by atoms with Crippen molar-refractivity contribution in [1.82, 2.24) is 0 Å². The van der Waals surface area contributed by atoms with Gasteiger partial charge in [-0.3, -0.25) is 14.4 Å². The Hall–Kier alpha value is -4.71. The van der Waals surface area contributed by atoms with Crippen LogP contribution in [0.1, 0.15) is 271 Å². The van der Waals surface area contributed by atoms with E-state index in [1.807, 2.05) is 0 Å². The van der Waals surface area contributed by atoms with Gasteiger partial charge in [-0.2, -0.15) is 0 Å². The van der Waals surface area contributed by atoms with Crippen molar-refractivity contribution < 1.29 is 28.6 Å². The molecule has 0 rings (SSSR count). The fraction of sp³-hybridized carbons (Fsp3) is 0.625. The van der Waals surface area contributed by atoms with E-state index in [1.54, 1.807) is 0 Å². The Morgan fingerprint density at radius 3 is 0.795 bits per heavy atom. The molecule has 0 amide bonds. The number of rotatable bonds is 56. The third-order valence-corrected chi connectivity index (χ3v) is 13.1. The van der Waals surface area contributed by atoms with Crippen LogP contribution >= 0.6 is 0 Å². The highest BCUT2D eigenvalue weighted by Gasteiger charge is 2.19. The molecule has 0 radical (unpaired) electrons. The zero-order chi connectivity index (χ0) is 56.4. The molecule has 0 heterocycles. The smallest absolute Gasteiger partial charge is 0.306 e. The van der Waals surface area contributed by atoms with Crippen LogP contribution in [0.4, 0.5) is 0 Å². The molecular weight excluding hydrogens is 961 g/mol. The molecule has 6 nitrogen and oxygen atoms in total. The molecule has 6 heteroatoms. The minimum Gasteiger partial charge on any atom is -0.462 e. The monoisotopic (exact) mass is 1080 g/mol. The first-order chi connectivity index (χ1) is 38.5. The Bertz CT molecular complexity index is 1710. The zero-order valence-electron chi connectivity index (χ0n) is 50.4. The highest BCUT2D eigenvalue weighted by atomic mass is 16.6. The summed E-state index contributed by atoms with van der Waals surface area (Å²) >= 11 is 0. The van der Waals surface area contributed by atoms with Crippen molar-refractivity contribution in [3.8, 4) is 0 Å². The Kier molecular flexibility index (Phi) is 60.9. The molecule has 0 aromatic rings. The molecule has 0 aliphatic rings. The van der Waals surface area contributed by atoms with Crippen LogP contribution in [0.2, 0.25) is 0 Å². The van der Waals surface area contributed by atoms with Crippen molar-refractivity contribution in [2.75, 3.05) is 13.2 Å². The predicted molar refractivity (Wildman–Crippen MR) is 339 cm³/mol. The number of carbonyl (C=O) groups is 3. The van der Waals surface area contributed by atoms with Gasteiger partial charge in [0.1, 0.15) is 13.2 Å². The topological polar surface area (TPSA) is 78.9 Å². The van der Waals surface area contributed by atoms with Gasteiger partial charge < -0.3 is 14.2 Å². The van der Waals surface area contributed by atoms with Crippen LogP contribution < -0.4 is 0 Å². The van der Waals surface area contributed by atoms with Gasteiger partial charge in [0.05, 0.1) is 0 Å².